The molecule has 0 aliphatic carbocycles. The molecule has 1 aromatic heterocycles. The van der Waals surface area contributed by atoms with Crippen molar-refractivity contribution in [2.45, 2.75) is 25.7 Å². The predicted octanol–water partition coefficient (Wildman–Crippen LogP) is 3.03. The first-order valence-electron chi connectivity index (χ1n) is 7.03. The molecule has 2 atom stereocenters. The third kappa shape index (κ3) is 3.32. The maximum Gasteiger partial charge on any atom is 0.176 e. The Bertz CT molecular complexity index is 724. The van der Waals surface area contributed by atoms with Crippen LogP contribution >= 0.6 is 0 Å². The van der Waals surface area contributed by atoms with Gasteiger partial charge in [-0.1, -0.05) is 30.3 Å². The van der Waals surface area contributed by atoms with E-state index in [9.17, 15) is 5.26 Å². The second kappa shape index (κ2) is 7.07. The number of imidazole rings is 1. The first kappa shape index (κ1) is 15.3. The number of hydrogen-bond donors (Lipinski definition) is 1. The van der Waals surface area contributed by atoms with Crippen LogP contribution in [0, 0.1) is 39.9 Å². The molecular weight excluding hydrogens is 274 g/mol. The Morgan fingerprint density at radius 1 is 1.14 bits per heavy atom. The normalized spacial score (nSPS) is 12.6. The number of nitrogens with one attached hydrogen (secondary N) is 1. The quantitative estimate of drug-likeness (QED) is 0.914. The second-order valence-corrected chi connectivity index (χ2v) is 5.12. The Morgan fingerprint density at radius 2 is 1.86 bits per heavy atom. The molecule has 1 N–H and O–H groups in total. The number of benzene rings is 1. The van der Waals surface area contributed by atoms with Crippen LogP contribution in [-0.4, -0.2) is 9.97 Å². The van der Waals surface area contributed by atoms with E-state index in [1.54, 1.807) is 0 Å². The van der Waals surface area contributed by atoms with Crippen molar-refractivity contribution in [2.75, 3.05) is 0 Å². The SMILES string of the molecule is CC(C#N)C(CCc1ccccc1)c1nc(C#N)c(C#N)[nH]1. The molecule has 1 aromatic carbocycles. The summed E-state index contributed by atoms with van der Waals surface area (Å²) in [5.74, 6) is 0.144. The third-order valence-electron chi connectivity index (χ3n) is 3.69. The Kier molecular flexibility index (Phi) is 4.91. The van der Waals surface area contributed by atoms with Crippen LogP contribution in [-0.2, 0) is 6.42 Å². The molecular formula is C17H15N5. The first-order chi connectivity index (χ1) is 10.7. The van der Waals surface area contributed by atoms with Crippen LogP contribution in [0.5, 0.6) is 0 Å². The number of aromatic nitrogens is 2. The van der Waals surface area contributed by atoms with Crippen LogP contribution in [0.2, 0.25) is 0 Å². The number of rotatable bonds is 5. The minimum Gasteiger partial charge on any atom is -0.332 e. The average molecular weight is 289 g/mol. The zero-order valence-electron chi connectivity index (χ0n) is 12.2. The van der Waals surface area contributed by atoms with Gasteiger partial charge in [-0.05, 0) is 25.3 Å². The van der Waals surface area contributed by atoms with Crippen molar-refractivity contribution in [1.82, 2.24) is 9.97 Å². The van der Waals surface area contributed by atoms with Crippen molar-refractivity contribution in [3.8, 4) is 18.2 Å². The van der Waals surface area contributed by atoms with Crippen molar-refractivity contribution in [2.24, 2.45) is 5.92 Å². The van der Waals surface area contributed by atoms with Gasteiger partial charge in [-0.25, -0.2) is 4.98 Å². The Balaban J connectivity index is 2.24. The van der Waals surface area contributed by atoms with E-state index in [4.69, 9.17) is 10.5 Å². The van der Waals surface area contributed by atoms with E-state index < -0.39 is 0 Å². The Morgan fingerprint density at radius 3 is 2.41 bits per heavy atom. The molecule has 108 valence electrons. The fraction of sp³-hybridized carbons (Fsp3) is 0.294. The number of H-pyrrole nitrogens is 1. The minimum absolute atomic E-state index is 0.0901. The third-order valence-corrected chi connectivity index (χ3v) is 3.69. The van der Waals surface area contributed by atoms with Crippen LogP contribution in [0.15, 0.2) is 30.3 Å². The van der Waals surface area contributed by atoms with E-state index in [1.165, 1.54) is 5.56 Å². The highest BCUT2D eigenvalue weighted by atomic mass is 14.9. The summed E-state index contributed by atoms with van der Waals surface area (Å²) in [6.07, 6.45) is 1.53. The summed E-state index contributed by atoms with van der Waals surface area (Å²) in [7, 11) is 0. The van der Waals surface area contributed by atoms with Crippen molar-refractivity contribution in [3.63, 3.8) is 0 Å². The number of aryl methyl sites for hydroxylation is 1. The van der Waals surface area contributed by atoms with Crippen molar-refractivity contribution in [1.29, 1.82) is 15.8 Å². The van der Waals surface area contributed by atoms with Crippen LogP contribution in [0.3, 0.4) is 0 Å². The standard InChI is InChI=1S/C17H15N5/c1-12(9-18)14(8-7-13-5-3-2-4-6-13)17-21-15(10-19)16(11-20)22-17/h2-6,12,14H,7-8H2,1H3,(H,21,22). The van der Waals surface area contributed by atoms with Gasteiger partial charge in [-0.15, -0.1) is 0 Å². The van der Waals surface area contributed by atoms with Crippen molar-refractivity contribution in [3.05, 3.63) is 53.1 Å². The largest absolute Gasteiger partial charge is 0.332 e. The van der Waals surface area contributed by atoms with Gasteiger partial charge in [0.2, 0.25) is 0 Å². The lowest BCUT2D eigenvalue weighted by Gasteiger charge is -2.16. The summed E-state index contributed by atoms with van der Waals surface area (Å²) in [5, 5.41) is 27.2. The highest BCUT2D eigenvalue weighted by Crippen LogP contribution is 2.28. The molecule has 0 amide bonds. The molecule has 0 aliphatic rings. The molecule has 0 aliphatic heterocycles. The number of aromatic amines is 1. The lowest BCUT2D eigenvalue weighted by Crippen LogP contribution is -2.11. The molecule has 0 saturated heterocycles. The smallest absolute Gasteiger partial charge is 0.176 e. The van der Waals surface area contributed by atoms with E-state index in [1.807, 2.05) is 49.4 Å². The zero-order valence-corrected chi connectivity index (χ0v) is 12.2. The average Bonchev–Trinajstić information content (AvgIpc) is 2.98. The summed E-state index contributed by atoms with van der Waals surface area (Å²) in [5.41, 5.74) is 1.44. The van der Waals surface area contributed by atoms with E-state index in [0.717, 1.165) is 12.8 Å². The molecule has 0 saturated carbocycles. The van der Waals surface area contributed by atoms with E-state index >= 15 is 0 Å². The summed E-state index contributed by atoms with van der Waals surface area (Å²) in [6, 6.07) is 16.1. The molecule has 5 nitrogen and oxygen atoms in total. The van der Waals surface area contributed by atoms with E-state index in [2.05, 4.69) is 16.0 Å². The lowest BCUT2D eigenvalue weighted by molar-refractivity contribution is 0.496. The predicted molar refractivity (Wildman–Crippen MR) is 80.3 cm³/mol. The summed E-state index contributed by atoms with van der Waals surface area (Å²) < 4.78 is 0. The van der Waals surface area contributed by atoms with Gasteiger partial charge >= 0.3 is 0 Å². The maximum atomic E-state index is 9.23. The first-order valence-corrected chi connectivity index (χ1v) is 7.03. The van der Waals surface area contributed by atoms with Crippen molar-refractivity contribution < 1.29 is 0 Å². The molecule has 2 aromatic rings. The van der Waals surface area contributed by atoms with Gasteiger partial charge in [-0.2, -0.15) is 15.8 Å². The van der Waals surface area contributed by atoms with Crippen LogP contribution < -0.4 is 0 Å². The lowest BCUT2D eigenvalue weighted by atomic mass is 9.88. The number of hydrogen-bond acceptors (Lipinski definition) is 4. The summed E-state index contributed by atoms with van der Waals surface area (Å²) >= 11 is 0. The highest BCUT2D eigenvalue weighted by Gasteiger charge is 2.24. The van der Waals surface area contributed by atoms with Gasteiger partial charge in [-0.3, -0.25) is 0 Å². The Labute approximate surface area is 129 Å². The second-order valence-electron chi connectivity index (χ2n) is 5.12. The fourth-order valence-electron chi connectivity index (χ4n) is 2.41. The molecule has 0 radical (unpaired) electrons. The Hall–Kier alpha value is -3.10. The molecule has 22 heavy (non-hydrogen) atoms. The van der Waals surface area contributed by atoms with Gasteiger partial charge in [0.25, 0.3) is 0 Å². The number of nitriles is 3. The van der Waals surface area contributed by atoms with Gasteiger partial charge in [0, 0.05) is 5.92 Å². The topological polar surface area (TPSA) is 100 Å². The molecule has 0 bridgehead atoms. The van der Waals surface area contributed by atoms with E-state index in [0.29, 0.717) is 5.82 Å². The minimum atomic E-state index is -0.257. The van der Waals surface area contributed by atoms with Gasteiger partial charge in [0.15, 0.2) is 11.4 Å². The fourth-order valence-corrected chi connectivity index (χ4v) is 2.41. The molecule has 1 heterocycles. The summed E-state index contributed by atoms with van der Waals surface area (Å²) in [6.45, 7) is 1.83. The van der Waals surface area contributed by atoms with Crippen LogP contribution in [0.4, 0.5) is 0 Å². The zero-order chi connectivity index (χ0) is 15.9. The van der Waals surface area contributed by atoms with Gasteiger partial charge < -0.3 is 4.98 Å². The summed E-state index contributed by atoms with van der Waals surface area (Å²) in [4.78, 5) is 7.08. The molecule has 2 unspecified atom stereocenters. The molecule has 0 fully saturated rings. The molecule has 0 spiro atoms. The van der Waals surface area contributed by atoms with Crippen molar-refractivity contribution >= 4 is 0 Å². The molecule has 2 rings (SSSR count). The van der Waals surface area contributed by atoms with Crippen LogP contribution in [0.25, 0.3) is 0 Å². The van der Waals surface area contributed by atoms with Gasteiger partial charge in [0.05, 0.1) is 12.0 Å². The highest BCUT2D eigenvalue weighted by molar-refractivity contribution is 5.37. The van der Waals surface area contributed by atoms with Gasteiger partial charge in [0.1, 0.15) is 18.0 Å². The monoisotopic (exact) mass is 289 g/mol. The maximum absolute atomic E-state index is 9.23. The van der Waals surface area contributed by atoms with E-state index in [-0.39, 0.29) is 23.2 Å². The molecule has 5 heteroatoms. The van der Waals surface area contributed by atoms with Crippen LogP contribution in [0.1, 0.15) is 42.0 Å². The number of nitrogens with zero attached hydrogens (tertiary/aromatic N) is 4.